The smallest absolute Gasteiger partial charge is 0.259 e. The van der Waals surface area contributed by atoms with Crippen molar-refractivity contribution in [2.24, 2.45) is 0 Å². The lowest BCUT2D eigenvalue weighted by Crippen LogP contribution is -2.14. The number of phenolic OH excluding ortho intramolecular Hbond substituents is 1. The molecule has 2 N–H and O–H groups in total. The number of rotatable bonds is 28. The highest BCUT2D eigenvalue weighted by Crippen LogP contribution is 2.37. The second kappa shape index (κ2) is 24.9. The fourth-order valence-corrected chi connectivity index (χ4v) is 6.40. The van der Waals surface area contributed by atoms with E-state index in [0.29, 0.717) is 35.8 Å². The Morgan fingerprint density at radius 1 is 0.542 bits per heavy atom. The topological polar surface area (TPSA) is 67.8 Å². The second-order valence-electron chi connectivity index (χ2n) is 13.5. The molecular formula is C43H65NO4. The van der Waals surface area contributed by atoms with E-state index >= 15 is 0 Å². The summed E-state index contributed by atoms with van der Waals surface area (Å²) in [4.78, 5) is 13.5. The van der Waals surface area contributed by atoms with Gasteiger partial charge in [0, 0.05) is 10.8 Å². The minimum absolute atomic E-state index is 0.0377. The molecule has 3 rings (SSSR count). The number of amides is 1. The molecule has 5 heteroatoms. The van der Waals surface area contributed by atoms with Crippen LogP contribution in [0.15, 0.2) is 54.6 Å². The van der Waals surface area contributed by atoms with Gasteiger partial charge >= 0.3 is 0 Å². The Hall–Kier alpha value is -3.21. The van der Waals surface area contributed by atoms with Crippen LogP contribution >= 0.6 is 0 Å². The highest BCUT2D eigenvalue weighted by atomic mass is 16.5. The molecule has 48 heavy (non-hydrogen) atoms. The Labute approximate surface area is 292 Å². The number of fused-ring (bicyclic) bond motifs is 1. The van der Waals surface area contributed by atoms with Crippen LogP contribution in [0, 0.1) is 0 Å². The van der Waals surface area contributed by atoms with Crippen molar-refractivity contribution < 1.29 is 19.4 Å². The molecule has 0 fully saturated rings. The van der Waals surface area contributed by atoms with Crippen LogP contribution in [0.2, 0.25) is 0 Å². The Kier molecular flexibility index (Phi) is 20.3. The lowest BCUT2D eigenvalue weighted by molar-refractivity contribution is 0.102. The number of nitrogens with one attached hydrogen (secondary N) is 1. The summed E-state index contributed by atoms with van der Waals surface area (Å²) in [5.41, 5.74) is 0.796. The first-order valence-corrected chi connectivity index (χ1v) is 19.6. The van der Waals surface area contributed by atoms with Crippen LogP contribution in [0.1, 0.15) is 165 Å². The number of hydrogen-bond donors (Lipinski definition) is 2. The lowest BCUT2D eigenvalue weighted by atomic mass is 10.0. The molecule has 3 aromatic rings. The first-order chi connectivity index (χ1) is 23.7. The standard InChI is InChI=1S/C43H65NO4/c1-3-5-7-9-11-13-15-16-18-19-21-27-33-47-40-32-26-25-31-39(40)44-43(46)38-35-41(36-29-23-24-30-37(36)42(38)45)48-34-28-22-20-17-14-12-10-8-6-4-2/h23-26,29-32,35,45H,3-22,27-28,33-34H2,1-2H3,(H,44,46). The van der Waals surface area contributed by atoms with Gasteiger partial charge in [0.05, 0.1) is 24.5 Å². The molecule has 1 amide bonds. The summed E-state index contributed by atoms with van der Waals surface area (Å²) in [6.45, 7) is 5.73. The fraction of sp³-hybridized carbons (Fsp3) is 0.605. The number of anilines is 1. The number of unbranched alkanes of at least 4 members (excludes halogenated alkanes) is 20. The maximum Gasteiger partial charge on any atom is 0.259 e. The summed E-state index contributed by atoms with van der Waals surface area (Å²) in [5, 5.41) is 15.5. The number of para-hydroxylation sites is 2. The molecule has 266 valence electrons. The minimum Gasteiger partial charge on any atom is -0.506 e. The van der Waals surface area contributed by atoms with Crippen molar-refractivity contribution >= 4 is 22.4 Å². The average molecular weight is 660 g/mol. The third kappa shape index (κ3) is 14.9. The van der Waals surface area contributed by atoms with Crippen molar-refractivity contribution in [1.82, 2.24) is 0 Å². The second-order valence-corrected chi connectivity index (χ2v) is 13.5. The van der Waals surface area contributed by atoms with Crippen molar-refractivity contribution in [1.29, 1.82) is 0 Å². The molecule has 0 aliphatic heterocycles. The van der Waals surface area contributed by atoms with Crippen LogP contribution in [0.4, 0.5) is 5.69 Å². The van der Waals surface area contributed by atoms with Gasteiger partial charge in [-0.25, -0.2) is 0 Å². The van der Waals surface area contributed by atoms with Crippen LogP contribution in [-0.4, -0.2) is 24.2 Å². The van der Waals surface area contributed by atoms with Gasteiger partial charge in [0.2, 0.25) is 0 Å². The van der Waals surface area contributed by atoms with E-state index in [0.717, 1.165) is 31.1 Å². The molecule has 0 bridgehead atoms. The van der Waals surface area contributed by atoms with E-state index in [1.54, 1.807) is 6.07 Å². The zero-order valence-corrected chi connectivity index (χ0v) is 30.3. The van der Waals surface area contributed by atoms with E-state index in [-0.39, 0.29) is 17.2 Å². The SMILES string of the molecule is CCCCCCCCCCCCCCOc1ccccc1NC(=O)c1cc(OCCCCCCCCCCCC)c2ccccc2c1O. The highest BCUT2D eigenvalue weighted by Gasteiger charge is 2.19. The summed E-state index contributed by atoms with van der Waals surface area (Å²) in [6.07, 6.45) is 28.3. The largest absolute Gasteiger partial charge is 0.506 e. The summed E-state index contributed by atoms with van der Waals surface area (Å²) in [6, 6.07) is 16.8. The van der Waals surface area contributed by atoms with Crippen LogP contribution in [0.5, 0.6) is 17.2 Å². The Morgan fingerprint density at radius 2 is 0.958 bits per heavy atom. The van der Waals surface area contributed by atoms with Crippen molar-refractivity contribution in [3.05, 3.63) is 60.2 Å². The van der Waals surface area contributed by atoms with Crippen molar-refractivity contribution in [2.75, 3.05) is 18.5 Å². The van der Waals surface area contributed by atoms with E-state index in [2.05, 4.69) is 19.2 Å². The fourth-order valence-electron chi connectivity index (χ4n) is 6.40. The first kappa shape index (κ1) is 39.2. The number of carbonyl (C=O) groups is 1. The average Bonchev–Trinajstić information content (AvgIpc) is 3.10. The van der Waals surface area contributed by atoms with Gasteiger partial charge in [-0.15, -0.1) is 0 Å². The molecular weight excluding hydrogens is 594 g/mol. The van der Waals surface area contributed by atoms with Gasteiger partial charge in [0.25, 0.3) is 5.91 Å². The maximum atomic E-state index is 13.5. The molecule has 0 aliphatic carbocycles. The van der Waals surface area contributed by atoms with E-state index < -0.39 is 0 Å². The van der Waals surface area contributed by atoms with Crippen molar-refractivity contribution in [2.45, 2.75) is 155 Å². The van der Waals surface area contributed by atoms with Gasteiger partial charge < -0.3 is 19.9 Å². The summed E-state index contributed by atoms with van der Waals surface area (Å²) in [5.74, 6) is 0.848. The first-order valence-electron chi connectivity index (χ1n) is 19.6. The van der Waals surface area contributed by atoms with Crippen LogP contribution in [0.25, 0.3) is 10.8 Å². The molecule has 3 aromatic carbocycles. The summed E-state index contributed by atoms with van der Waals surface area (Å²) < 4.78 is 12.3. The lowest BCUT2D eigenvalue weighted by Gasteiger charge is -2.16. The third-order valence-electron chi connectivity index (χ3n) is 9.37. The molecule has 0 saturated heterocycles. The van der Waals surface area contributed by atoms with Crippen LogP contribution < -0.4 is 14.8 Å². The summed E-state index contributed by atoms with van der Waals surface area (Å²) in [7, 11) is 0. The molecule has 0 spiro atoms. The van der Waals surface area contributed by atoms with Crippen LogP contribution in [-0.2, 0) is 0 Å². The Morgan fingerprint density at radius 3 is 1.48 bits per heavy atom. The predicted molar refractivity (Wildman–Crippen MR) is 204 cm³/mol. The number of carbonyl (C=O) groups excluding carboxylic acids is 1. The molecule has 0 aliphatic rings. The van der Waals surface area contributed by atoms with E-state index in [1.807, 2.05) is 48.5 Å². The monoisotopic (exact) mass is 659 g/mol. The van der Waals surface area contributed by atoms with Gasteiger partial charge in [-0.1, -0.05) is 179 Å². The zero-order valence-electron chi connectivity index (χ0n) is 30.3. The van der Waals surface area contributed by atoms with Gasteiger partial charge in [-0.3, -0.25) is 4.79 Å². The van der Waals surface area contributed by atoms with E-state index in [9.17, 15) is 9.90 Å². The summed E-state index contributed by atoms with van der Waals surface area (Å²) >= 11 is 0. The minimum atomic E-state index is -0.386. The van der Waals surface area contributed by atoms with Crippen molar-refractivity contribution in [3.63, 3.8) is 0 Å². The predicted octanol–water partition coefficient (Wildman–Crippen LogP) is 13.2. The quantitative estimate of drug-likeness (QED) is 0.0761. The van der Waals surface area contributed by atoms with Gasteiger partial charge in [-0.2, -0.15) is 0 Å². The molecule has 0 saturated carbocycles. The molecule has 0 radical (unpaired) electrons. The van der Waals surface area contributed by atoms with Gasteiger partial charge in [0.15, 0.2) is 0 Å². The third-order valence-corrected chi connectivity index (χ3v) is 9.37. The number of aromatic hydroxyl groups is 1. The normalized spacial score (nSPS) is 11.2. The number of phenols is 1. The van der Waals surface area contributed by atoms with Gasteiger partial charge in [-0.05, 0) is 31.0 Å². The van der Waals surface area contributed by atoms with Gasteiger partial charge in [0.1, 0.15) is 17.2 Å². The van der Waals surface area contributed by atoms with E-state index in [4.69, 9.17) is 9.47 Å². The maximum absolute atomic E-state index is 13.5. The number of benzene rings is 3. The Bertz CT molecular complexity index is 1290. The molecule has 5 nitrogen and oxygen atoms in total. The molecule has 0 atom stereocenters. The van der Waals surface area contributed by atoms with E-state index in [1.165, 1.54) is 116 Å². The molecule has 0 unspecified atom stereocenters. The number of hydrogen-bond acceptors (Lipinski definition) is 4. The molecule has 0 aromatic heterocycles. The molecule has 0 heterocycles. The zero-order chi connectivity index (χ0) is 34.1. The van der Waals surface area contributed by atoms with Crippen molar-refractivity contribution in [3.8, 4) is 17.2 Å². The van der Waals surface area contributed by atoms with Crippen LogP contribution in [0.3, 0.4) is 0 Å². The number of ether oxygens (including phenoxy) is 2. The highest BCUT2D eigenvalue weighted by molar-refractivity contribution is 6.11. The Balaban J connectivity index is 1.44.